The number of hydrogen-bond acceptors (Lipinski definition) is 3. The smallest absolute Gasteiger partial charge is 0.317 e. The second-order valence-corrected chi connectivity index (χ2v) is 4.95. The molecule has 0 bridgehead atoms. The van der Waals surface area contributed by atoms with Gasteiger partial charge in [0.2, 0.25) is 0 Å². The van der Waals surface area contributed by atoms with Gasteiger partial charge in [0.1, 0.15) is 5.82 Å². The first kappa shape index (κ1) is 13.8. The van der Waals surface area contributed by atoms with Crippen LogP contribution >= 0.6 is 11.6 Å². The third-order valence-corrected chi connectivity index (χ3v) is 3.32. The maximum absolute atomic E-state index is 10.8. The van der Waals surface area contributed by atoms with Gasteiger partial charge < -0.3 is 10.1 Å². The number of aliphatic carboxylic acids is 1. The molecule has 1 unspecified atom stereocenters. The Hall–Kier alpha value is -1.59. The van der Waals surface area contributed by atoms with Crippen LogP contribution in [0.2, 0.25) is 5.02 Å². The molecule has 0 amide bonds. The zero-order valence-corrected chi connectivity index (χ0v) is 11.6. The molecule has 1 heterocycles. The predicted octanol–water partition coefficient (Wildman–Crippen LogP) is 2.68. The van der Waals surface area contributed by atoms with E-state index in [9.17, 15) is 4.79 Å². The van der Waals surface area contributed by atoms with Crippen LogP contribution in [0.4, 0.5) is 0 Å². The number of benzene rings is 1. The average Bonchev–Trinajstić information content (AvgIpc) is 2.71. The molecule has 1 aromatic carbocycles. The van der Waals surface area contributed by atoms with Gasteiger partial charge in [0.05, 0.1) is 23.6 Å². The Morgan fingerprint density at radius 2 is 2.32 bits per heavy atom. The van der Waals surface area contributed by atoms with E-state index in [1.165, 1.54) is 0 Å². The fourth-order valence-corrected chi connectivity index (χ4v) is 2.37. The summed E-state index contributed by atoms with van der Waals surface area (Å²) in [6.45, 7) is 1.99. The van der Waals surface area contributed by atoms with E-state index < -0.39 is 5.97 Å². The van der Waals surface area contributed by atoms with Crippen LogP contribution in [0, 0.1) is 0 Å². The molecule has 102 valence electrons. The number of carboxylic acid groups (broad SMARTS) is 1. The number of imidazole rings is 1. The number of nitrogens with zero attached hydrogens (tertiary/aromatic N) is 2. The number of fused-ring (bicyclic) bond motifs is 1. The number of hydrogen-bond donors (Lipinski definition) is 2. The molecule has 0 fully saturated rings. The Balaban J connectivity index is 2.32. The molecule has 0 aliphatic heterocycles. The van der Waals surface area contributed by atoms with Crippen molar-refractivity contribution < 1.29 is 9.90 Å². The van der Waals surface area contributed by atoms with Crippen molar-refractivity contribution >= 4 is 28.6 Å². The van der Waals surface area contributed by atoms with Gasteiger partial charge in [-0.2, -0.15) is 0 Å². The Bertz CT molecular complexity index is 597. The van der Waals surface area contributed by atoms with Crippen molar-refractivity contribution in [2.45, 2.75) is 19.4 Å². The number of rotatable bonds is 5. The quantitative estimate of drug-likeness (QED) is 0.884. The molecular formula is C13H16ClN3O2. The minimum Gasteiger partial charge on any atom is -0.480 e. The fourth-order valence-electron chi connectivity index (χ4n) is 2.20. The van der Waals surface area contributed by atoms with E-state index >= 15 is 0 Å². The van der Waals surface area contributed by atoms with Crippen LogP contribution in [0.15, 0.2) is 18.2 Å². The van der Waals surface area contributed by atoms with E-state index in [1.54, 1.807) is 18.0 Å². The number of H-pyrrole nitrogens is 1. The number of carboxylic acids is 1. The van der Waals surface area contributed by atoms with Crippen LogP contribution in [0.5, 0.6) is 0 Å². The van der Waals surface area contributed by atoms with Crippen molar-refractivity contribution in [2.75, 3.05) is 13.6 Å². The minimum absolute atomic E-state index is 0.0176. The van der Waals surface area contributed by atoms with Gasteiger partial charge in [-0.3, -0.25) is 9.69 Å². The van der Waals surface area contributed by atoms with Crippen molar-refractivity contribution in [3.05, 3.63) is 29.0 Å². The molecule has 0 spiro atoms. The number of aromatic amines is 1. The number of aromatic nitrogens is 2. The number of likely N-dealkylation sites (N-methyl/N-ethyl adjacent to an activating group) is 1. The van der Waals surface area contributed by atoms with E-state index in [2.05, 4.69) is 9.97 Å². The van der Waals surface area contributed by atoms with Gasteiger partial charge in [0.25, 0.3) is 0 Å². The first-order chi connectivity index (χ1) is 9.01. The molecule has 0 saturated heterocycles. The van der Waals surface area contributed by atoms with Gasteiger partial charge in [-0.05, 0) is 31.7 Å². The van der Waals surface area contributed by atoms with E-state index in [0.29, 0.717) is 5.02 Å². The Labute approximate surface area is 116 Å². The molecule has 2 N–H and O–H groups in total. The van der Waals surface area contributed by atoms with Crippen LogP contribution in [-0.2, 0) is 4.79 Å². The maximum Gasteiger partial charge on any atom is 0.317 e. The summed E-state index contributed by atoms with van der Waals surface area (Å²) < 4.78 is 0. The fraction of sp³-hybridized carbons (Fsp3) is 0.385. The third-order valence-electron chi connectivity index (χ3n) is 3.08. The highest BCUT2D eigenvalue weighted by Gasteiger charge is 2.20. The second-order valence-electron chi connectivity index (χ2n) is 4.52. The molecule has 6 heteroatoms. The summed E-state index contributed by atoms with van der Waals surface area (Å²) in [5.41, 5.74) is 1.70. The van der Waals surface area contributed by atoms with Gasteiger partial charge in [-0.1, -0.05) is 18.5 Å². The van der Waals surface area contributed by atoms with Gasteiger partial charge >= 0.3 is 5.97 Å². The zero-order chi connectivity index (χ0) is 14.0. The molecule has 0 aliphatic rings. The largest absolute Gasteiger partial charge is 0.480 e. The molecule has 0 aliphatic carbocycles. The Kier molecular flexibility index (Phi) is 4.07. The highest BCUT2D eigenvalue weighted by molar-refractivity contribution is 6.31. The third kappa shape index (κ3) is 3.05. The van der Waals surface area contributed by atoms with Crippen molar-refractivity contribution in [1.82, 2.24) is 14.9 Å². The average molecular weight is 282 g/mol. The lowest BCUT2D eigenvalue weighted by atomic mass is 10.2. The summed E-state index contributed by atoms with van der Waals surface area (Å²) in [7, 11) is 1.78. The lowest BCUT2D eigenvalue weighted by Crippen LogP contribution is -2.30. The molecule has 1 atom stereocenters. The number of nitrogens with one attached hydrogen (secondary N) is 1. The standard InChI is InChI=1S/C13H16ClN3O2/c1-3-11(17(2)7-12(18)19)13-15-9-5-4-8(14)6-10(9)16-13/h4-6,11H,3,7H2,1-2H3,(H,15,16)(H,18,19). The van der Waals surface area contributed by atoms with Crippen molar-refractivity contribution in [2.24, 2.45) is 0 Å². The summed E-state index contributed by atoms with van der Waals surface area (Å²) in [6, 6.07) is 5.40. The Morgan fingerprint density at radius 3 is 2.95 bits per heavy atom. The molecule has 1 aromatic heterocycles. The van der Waals surface area contributed by atoms with Gasteiger partial charge in [0, 0.05) is 5.02 Å². The lowest BCUT2D eigenvalue weighted by molar-refractivity contribution is -0.138. The van der Waals surface area contributed by atoms with Crippen LogP contribution < -0.4 is 0 Å². The van der Waals surface area contributed by atoms with Crippen LogP contribution in [0.1, 0.15) is 25.2 Å². The monoisotopic (exact) mass is 281 g/mol. The van der Waals surface area contributed by atoms with E-state index in [-0.39, 0.29) is 12.6 Å². The molecular weight excluding hydrogens is 266 g/mol. The summed E-state index contributed by atoms with van der Waals surface area (Å²) in [4.78, 5) is 20.3. The maximum atomic E-state index is 10.8. The van der Waals surface area contributed by atoms with Gasteiger partial charge in [0.15, 0.2) is 0 Å². The van der Waals surface area contributed by atoms with E-state index in [1.807, 2.05) is 19.1 Å². The summed E-state index contributed by atoms with van der Waals surface area (Å²) in [6.07, 6.45) is 0.775. The molecule has 2 aromatic rings. The van der Waals surface area contributed by atoms with Crippen molar-refractivity contribution in [3.8, 4) is 0 Å². The molecule has 19 heavy (non-hydrogen) atoms. The molecule has 5 nitrogen and oxygen atoms in total. The summed E-state index contributed by atoms with van der Waals surface area (Å²) in [5, 5.41) is 9.51. The highest BCUT2D eigenvalue weighted by Crippen LogP contribution is 2.24. The van der Waals surface area contributed by atoms with E-state index in [4.69, 9.17) is 16.7 Å². The SMILES string of the molecule is CCC(c1nc2ccc(Cl)cc2[nH]1)N(C)CC(=O)O. The van der Waals surface area contributed by atoms with Crippen LogP contribution in [0.25, 0.3) is 11.0 Å². The van der Waals surface area contributed by atoms with Crippen molar-refractivity contribution in [3.63, 3.8) is 0 Å². The van der Waals surface area contributed by atoms with Gasteiger partial charge in [-0.15, -0.1) is 0 Å². The number of halogens is 1. The predicted molar refractivity (Wildman–Crippen MR) is 74.4 cm³/mol. The zero-order valence-electron chi connectivity index (χ0n) is 10.9. The van der Waals surface area contributed by atoms with Crippen LogP contribution in [-0.4, -0.2) is 39.5 Å². The molecule has 0 radical (unpaired) electrons. The first-order valence-corrected chi connectivity index (χ1v) is 6.46. The topological polar surface area (TPSA) is 69.2 Å². The summed E-state index contributed by atoms with van der Waals surface area (Å²) >= 11 is 5.94. The van der Waals surface area contributed by atoms with Crippen LogP contribution in [0.3, 0.4) is 0 Å². The Morgan fingerprint density at radius 1 is 1.58 bits per heavy atom. The molecule has 0 saturated carbocycles. The second kappa shape index (κ2) is 5.59. The molecule has 2 rings (SSSR count). The summed E-state index contributed by atoms with van der Waals surface area (Å²) in [5.74, 6) is -0.0800. The van der Waals surface area contributed by atoms with Crippen molar-refractivity contribution in [1.29, 1.82) is 0 Å². The first-order valence-electron chi connectivity index (χ1n) is 6.08. The van der Waals surface area contributed by atoms with E-state index in [0.717, 1.165) is 23.3 Å². The number of carbonyl (C=O) groups is 1. The van der Waals surface area contributed by atoms with Gasteiger partial charge in [-0.25, -0.2) is 4.98 Å². The highest BCUT2D eigenvalue weighted by atomic mass is 35.5. The lowest BCUT2D eigenvalue weighted by Gasteiger charge is -2.23. The normalized spacial score (nSPS) is 13.1. The minimum atomic E-state index is -0.847.